The molecule has 3 nitrogen and oxygen atoms in total. The summed E-state index contributed by atoms with van der Waals surface area (Å²) in [4.78, 5) is 4.27. The molecule has 0 amide bonds. The number of anilines is 1. The van der Waals surface area contributed by atoms with Gasteiger partial charge in [0.2, 0.25) is 0 Å². The second-order valence-electron chi connectivity index (χ2n) is 3.02. The van der Waals surface area contributed by atoms with E-state index in [0.717, 1.165) is 15.9 Å². The Hall–Kier alpha value is -1.29. The van der Waals surface area contributed by atoms with Gasteiger partial charge in [-0.3, -0.25) is 10.1 Å². The highest BCUT2D eigenvalue weighted by Crippen LogP contribution is 2.16. The predicted octanol–water partition coefficient (Wildman–Crippen LogP) is 2.83. The standard InChI is InChI=1S/C10H10BrN3/c1-8-6-9(11)7-12-10(8)13-14-4-2-3-5-14/h2-7H,1H3,(H,12,13). The second-order valence-corrected chi connectivity index (χ2v) is 3.94. The third-order valence-corrected chi connectivity index (χ3v) is 2.32. The largest absolute Gasteiger partial charge is 0.278 e. The number of nitrogens with one attached hydrogen (secondary N) is 1. The Morgan fingerprint density at radius 2 is 2.07 bits per heavy atom. The topological polar surface area (TPSA) is 29.9 Å². The van der Waals surface area contributed by atoms with Crippen LogP contribution in [0.4, 0.5) is 5.82 Å². The van der Waals surface area contributed by atoms with Crippen LogP contribution in [0.2, 0.25) is 0 Å². The molecule has 1 N–H and O–H groups in total. The number of hydrogen-bond donors (Lipinski definition) is 1. The van der Waals surface area contributed by atoms with Crippen molar-refractivity contribution in [3.8, 4) is 0 Å². The van der Waals surface area contributed by atoms with Crippen molar-refractivity contribution in [1.29, 1.82) is 0 Å². The Morgan fingerprint density at radius 1 is 1.36 bits per heavy atom. The van der Waals surface area contributed by atoms with Gasteiger partial charge in [-0.15, -0.1) is 0 Å². The minimum absolute atomic E-state index is 0.865. The maximum absolute atomic E-state index is 4.27. The van der Waals surface area contributed by atoms with Gasteiger partial charge in [-0.05, 0) is 46.6 Å². The van der Waals surface area contributed by atoms with Crippen LogP contribution in [0.15, 0.2) is 41.3 Å². The normalized spacial score (nSPS) is 10.1. The van der Waals surface area contributed by atoms with E-state index in [1.54, 1.807) is 6.20 Å². The fourth-order valence-corrected chi connectivity index (χ4v) is 1.63. The number of pyridine rings is 1. The Bertz CT molecular complexity index is 423. The van der Waals surface area contributed by atoms with Gasteiger partial charge in [0.05, 0.1) is 0 Å². The summed E-state index contributed by atoms with van der Waals surface area (Å²) in [6.07, 6.45) is 5.64. The molecule has 0 radical (unpaired) electrons. The fraction of sp³-hybridized carbons (Fsp3) is 0.100. The zero-order valence-corrected chi connectivity index (χ0v) is 9.32. The molecule has 0 spiro atoms. The van der Waals surface area contributed by atoms with Crippen LogP contribution >= 0.6 is 15.9 Å². The van der Waals surface area contributed by atoms with Gasteiger partial charge < -0.3 is 0 Å². The molecule has 2 aromatic rings. The first-order valence-electron chi connectivity index (χ1n) is 4.28. The highest BCUT2D eigenvalue weighted by atomic mass is 79.9. The molecule has 0 aliphatic carbocycles. The lowest BCUT2D eigenvalue weighted by Gasteiger charge is -2.08. The van der Waals surface area contributed by atoms with E-state index in [9.17, 15) is 0 Å². The minimum atomic E-state index is 0.865. The SMILES string of the molecule is Cc1cc(Br)cnc1Nn1cccc1. The monoisotopic (exact) mass is 251 g/mol. The summed E-state index contributed by atoms with van der Waals surface area (Å²) in [5.41, 5.74) is 4.27. The average molecular weight is 252 g/mol. The van der Waals surface area contributed by atoms with Gasteiger partial charge in [0.15, 0.2) is 0 Å². The van der Waals surface area contributed by atoms with Gasteiger partial charge in [-0.25, -0.2) is 4.98 Å². The third kappa shape index (κ3) is 1.96. The number of rotatable bonds is 2. The summed E-state index contributed by atoms with van der Waals surface area (Å²) >= 11 is 3.38. The first-order valence-corrected chi connectivity index (χ1v) is 5.07. The van der Waals surface area contributed by atoms with Crippen molar-refractivity contribution in [2.24, 2.45) is 0 Å². The van der Waals surface area contributed by atoms with E-state index in [0.29, 0.717) is 0 Å². The van der Waals surface area contributed by atoms with E-state index in [1.165, 1.54) is 0 Å². The van der Waals surface area contributed by atoms with Crippen LogP contribution in [0.5, 0.6) is 0 Å². The van der Waals surface area contributed by atoms with E-state index < -0.39 is 0 Å². The molecule has 14 heavy (non-hydrogen) atoms. The molecule has 2 aromatic heterocycles. The molecule has 0 bridgehead atoms. The second kappa shape index (κ2) is 3.84. The molecule has 0 atom stereocenters. The molecule has 72 valence electrons. The molecule has 0 fully saturated rings. The number of nitrogens with zero attached hydrogens (tertiary/aromatic N) is 2. The molecule has 2 heterocycles. The summed E-state index contributed by atoms with van der Waals surface area (Å²) in [6.45, 7) is 2.02. The Labute approximate surface area is 90.9 Å². The third-order valence-electron chi connectivity index (χ3n) is 1.88. The van der Waals surface area contributed by atoms with E-state index in [4.69, 9.17) is 0 Å². The predicted molar refractivity (Wildman–Crippen MR) is 60.1 cm³/mol. The highest BCUT2D eigenvalue weighted by molar-refractivity contribution is 9.10. The summed E-state index contributed by atoms with van der Waals surface area (Å²) in [7, 11) is 0. The van der Waals surface area contributed by atoms with Crippen LogP contribution in [-0.4, -0.2) is 9.66 Å². The maximum Gasteiger partial charge on any atom is 0.147 e. The van der Waals surface area contributed by atoms with Gasteiger partial charge in [0, 0.05) is 23.1 Å². The average Bonchev–Trinajstić information content (AvgIpc) is 2.62. The van der Waals surface area contributed by atoms with Crippen molar-refractivity contribution in [1.82, 2.24) is 9.66 Å². The summed E-state index contributed by atoms with van der Waals surface area (Å²) in [5.74, 6) is 0.865. The zero-order chi connectivity index (χ0) is 9.97. The lowest BCUT2D eigenvalue weighted by atomic mass is 10.3. The van der Waals surface area contributed by atoms with Gasteiger partial charge in [0.25, 0.3) is 0 Å². The lowest BCUT2D eigenvalue weighted by Crippen LogP contribution is -2.08. The molecule has 0 saturated heterocycles. The number of hydrogen-bond acceptors (Lipinski definition) is 2. The van der Waals surface area contributed by atoms with Crippen molar-refractivity contribution in [2.45, 2.75) is 6.92 Å². The van der Waals surface area contributed by atoms with Crippen LogP contribution in [-0.2, 0) is 0 Å². The van der Waals surface area contributed by atoms with E-state index in [2.05, 4.69) is 26.3 Å². The van der Waals surface area contributed by atoms with Crippen molar-refractivity contribution in [2.75, 3.05) is 5.43 Å². The van der Waals surface area contributed by atoms with Crippen LogP contribution < -0.4 is 5.43 Å². The van der Waals surface area contributed by atoms with Crippen LogP contribution in [0, 0.1) is 6.92 Å². The van der Waals surface area contributed by atoms with Crippen molar-refractivity contribution in [3.05, 3.63) is 46.8 Å². The first kappa shape index (κ1) is 9.27. The van der Waals surface area contributed by atoms with Gasteiger partial charge in [-0.1, -0.05) is 0 Å². The van der Waals surface area contributed by atoms with Crippen LogP contribution in [0.1, 0.15) is 5.56 Å². The van der Waals surface area contributed by atoms with Gasteiger partial charge in [0.1, 0.15) is 5.82 Å². The van der Waals surface area contributed by atoms with Gasteiger partial charge >= 0.3 is 0 Å². The van der Waals surface area contributed by atoms with Crippen LogP contribution in [0.25, 0.3) is 0 Å². The molecule has 0 aromatic carbocycles. The zero-order valence-electron chi connectivity index (χ0n) is 7.74. The molecule has 0 aliphatic rings. The summed E-state index contributed by atoms with van der Waals surface area (Å²) in [6, 6.07) is 5.95. The molecule has 2 rings (SSSR count). The molecule has 4 heteroatoms. The fourth-order valence-electron chi connectivity index (χ4n) is 1.19. The smallest absolute Gasteiger partial charge is 0.147 e. The molecular weight excluding hydrogens is 242 g/mol. The number of halogens is 1. The van der Waals surface area contributed by atoms with E-state index in [1.807, 2.05) is 42.2 Å². The van der Waals surface area contributed by atoms with E-state index in [-0.39, 0.29) is 0 Å². The number of aryl methyl sites for hydroxylation is 1. The molecule has 0 aliphatic heterocycles. The summed E-state index contributed by atoms with van der Waals surface area (Å²) < 4.78 is 2.86. The van der Waals surface area contributed by atoms with Gasteiger partial charge in [-0.2, -0.15) is 0 Å². The van der Waals surface area contributed by atoms with Crippen molar-refractivity contribution >= 4 is 21.7 Å². The molecule has 0 unspecified atom stereocenters. The van der Waals surface area contributed by atoms with Crippen molar-refractivity contribution < 1.29 is 0 Å². The van der Waals surface area contributed by atoms with Crippen LogP contribution in [0.3, 0.4) is 0 Å². The van der Waals surface area contributed by atoms with Crippen molar-refractivity contribution in [3.63, 3.8) is 0 Å². The Morgan fingerprint density at radius 3 is 2.71 bits per heavy atom. The molecular formula is C10H10BrN3. The maximum atomic E-state index is 4.27. The molecule has 0 saturated carbocycles. The van der Waals surface area contributed by atoms with E-state index >= 15 is 0 Å². The quantitative estimate of drug-likeness (QED) is 0.890. The lowest BCUT2D eigenvalue weighted by molar-refractivity contribution is 0.946. The highest BCUT2D eigenvalue weighted by Gasteiger charge is 1.99. The first-order chi connectivity index (χ1) is 6.75. The minimum Gasteiger partial charge on any atom is -0.278 e. The Balaban J connectivity index is 2.25. The summed E-state index contributed by atoms with van der Waals surface area (Å²) in [5, 5.41) is 0. The Kier molecular flexibility index (Phi) is 2.54. The number of aromatic nitrogens is 2.